The van der Waals surface area contributed by atoms with Crippen LogP contribution < -0.4 is 9.47 Å². The van der Waals surface area contributed by atoms with Gasteiger partial charge in [-0.15, -0.1) is 0 Å². The SMILES string of the molecule is COc1cccc(C(=O)N2[C@H]3CC[C@@H]2[C@@](CO)(Cc2ccccc2)C3)c1OC. The average Bonchev–Trinajstić information content (AvgIpc) is 3.29. The van der Waals surface area contributed by atoms with E-state index in [1.54, 1.807) is 26.4 Å². The molecule has 2 bridgehead atoms. The highest BCUT2D eigenvalue weighted by atomic mass is 16.5. The number of hydrogen-bond acceptors (Lipinski definition) is 4. The van der Waals surface area contributed by atoms with Crippen molar-refractivity contribution in [3.8, 4) is 11.5 Å². The molecule has 0 radical (unpaired) electrons. The lowest BCUT2D eigenvalue weighted by molar-refractivity contribution is 0.0568. The second kappa shape index (κ2) is 7.47. The fraction of sp³-hybridized carbons (Fsp3) is 0.435. The fourth-order valence-electron chi connectivity index (χ4n) is 5.21. The van der Waals surface area contributed by atoms with Gasteiger partial charge in [0.1, 0.15) is 0 Å². The van der Waals surface area contributed by atoms with Gasteiger partial charge in [0, 0.05) is 17.5 Å². The highest BCUT2D eigenvalue weighted by Crippen LogP contribution is 2.52. The van der Waals surface area contributed by atoms with E-state index < -0.39 is 0 Å². The lowest BCUT2D eigenvalue weighted by atomic mass is 9.70. The average molecular weight is 381 g/mol. The number of ether oxygens (including phenoxy) is 2. The van der Waals surface area contributed by atoms with E-state index in [9.17, 15) is 9.90 Å². The van der Waals surface area contributed by atoms with E-state index in [-0.39, 0.29) is 30.0 Å². The number of rotatable bonds is 6. The summed E-state index contributed by atoms with van der Waals surface area (Å²) < 4.78 is 10.9. The molecule has 0 spiro atoms. The van der Waals surface area contributed by atoms with Crippen LogP contribution in [0.25, 0.3) is 0 Å². The molecule has 1 amide bonds. The van der Waals surface area contributed by atoms with Gasteiger partial charge < -0.3 is 19.5 Å². The summed E-state index contributed by atoms with van der Waals surface area (Å²) >= 11 is 0. The van der Waals surface area contributed by atoms with Gasteiger partial charge in [0.05, 0.1) is 26.4 Å². The van der Waals surface area contributed by atoms with Crippen LogP contribution in [0.1, 0.15) is 35.2 Å². The van der Waals surface area contributed by atoms with Crippen LogP contribution in [0, 0.1) is 5.41 Å². The molecule has 0 saturated carbocycles. The van der Waals surface area contributed by atoms with Gasteiger partial charge in [-0.05, 0) is 43.4 Å². The van der Waals surface area contributed by atoms with E-state index in [4.69, 9.17) is 9.47 Å². The zero-order valence-electron chi connectivity index (χ0n) is 16.4. The molecule has 0 unspecified atom stereocenters. The second-order valence-electron chi connectivity index (χ2n) is 7.89. The summed E-state index contributed by atoms with van der Waals surface area (Å²) in [5.41, 5.74) is 1.44. The van der Waals surface area contributed by atoms with Crippen molar-refractivity contribution in [2.45, 2.75) is 37.8 Å². The van der Waals surface area contributed by atoms with E-state index in [1.807, 2.05) is 29.2 Å². The van der Waals surface area contributed by atoms with Crippen LogP contribution in [-0.2, 0) is 6.42 Å². The van der Waals surface area contributed by atoms with Gasteiger partial charge in [0.25, 0.3) is 5.91 Å². The molecule has 5 nitrogen and oxygen atoms in total. The van der Waals surface area contributed by atoms with Crippen molar-refractivity contribution >= 4 is 5.91 Å². The minimum Gasteiger partial charge on any atom is -0.493 e. The third kappa shape index (κ3) is 2.94. The molecule has 2 fully saturated rings. The number of aliphatic hydroxyl groups excluding tert-OH is 1. The molecule has 3 atom stereocenters. The van der Waals surface area contributed by atoms with Crippen molar-refractivity contribution in [2.75, 3.05) is 20.8 Å². The van der Waals surface area contributed by atoms with Crippen molar-refractivity contribution in [1.29, 1.82) is 0 Å². The first kappa shape index (κ1) is 18.8. The zero-order valence-corrected chi connectivity index (χ0v) is 16.4. The van der Waals surface area contributed by atoms with Crippen LogP contribution in [0.3, 0.4) is 0 Å². The van der Waals surface area contributed by atoms with Crippen molar-refractivity contribution in [1.82, 2.24) is 4.90 Å². The van der Waals surface area contributed by atoms with E-state index in [1.165, 1.54) is 5.56 Å². The maximum absolute atomic E-state index is 13.5. The molecule has 2 aromatic rings. The van der Waals surface area contributed by atoms with Crippen LogP contribution in [-0.4, -0.2) is 48.8 Å². The smallest absolute Gasteiger partial charge is 0.258 e. The Labute approximate surface area is 165 Å². The van der Waals surface area contributed by atoms with E-state index in [0.717, 1.165) is 25.7 Å². The highest BCUT2D eigenvalue weighted by molar-refractivity contribution is 5.98. The van der Waals surface area contributed by atoms with Crippen molar-refractivity contribution < 1.29 is 19.4 Å². The largest absolute Gasteiger partial charge is 0.493 e. The molecular weight excluding hydrogens is 354 g/mol. The molecule has 2 aromatic carbocycles. The minimum atomic E-state index is -0.286. The standard InChI is InChI=1S/C23H27NO4/c1-27-19-10-6-9-18(21(19)28-2)22(26)24-17-11-12-20(24)23(14-17,15-25)13-16-7-4-3-5-8-16/h3-10,17,20,25H,11-15H2,1-2H3/t17-,20+,23-/m0/s1. The molecule has 2 aliphatic heterocycles. The Hall–Kier alpha value is -2.53. The number of hydrogen-bond donors (Lipinski definition) is 1. The molecule has 2 aliphatic rings. The Bertz CT molecular complexity index is 853. The Morgan fingerprint density at radius 3 is 2.57 bits per heavy atom. The monoisotopic (exact) mass is 381 g/mol. The quantitative estimate of drug-likeness (QED) is 0.834. The fourth-order valence-corrected chi connectivity index (χ4v) is 5.21. The number of carbonyl (C=O) groups is 1. The molecule has 4 rings (SSSR count). The van der Waals surface area contributed by atoms with Crippen LogP contribution >= 0.6 is 0 Å². The maximum Gasteiger partial charge on any atom is 0.258 e. The summed E-state index contributed by atoms with van der Waals surface area (Å²) in [6.07, 6.45) is 3.53. The maximum atomic E-state index is 13.5. The number of benzene rings is 2. The highest BCUT2D eigenvalue weighted by Gasteiger charge is 2.57. The van der Waals surface area contributed by atoms with Gasteiger partial charge in [-0.3, -0.25) is 4.79 Å². The van der Waals surface area contributed by atoms with E-state index in [2.05, 4.69) is 12.1 Å². The number of aliphatic hydroxyl groups is 1. The Morgan fingerprint density at radius 1 is 1.11 bits per heavy atom. The normalized spacial score (nSPS) is 25.8. The summed E-state index contributed by atoms with van der Waals surface area (Å²) in [4.78, 5) is 15.5. The molecule has 5 heteroatoms. The number of fused-ring (bicyclic) bond motifs is 2. The Balaban J connectivity index is 1.66. The Morgan fingerprint density at radius 2 is 1.89 bits per heavy atom. The molecule has 28 heavy (non-hydrogen) atoms. The molecule has 1 N–H and O–H groups in total. The first-order valence-electron chi connectivity index (χ1n) is 9.82. The van der Waals surface area contributed by atoms with Gasteiger partial charge >= 0.3 is 0 Å². The van der Waals surface area contributed by atoms with Gasteiger partial charge in [-0.2, -0.15) is 0 Å². The lowest BCUT2D eigenvalue weighted by Crippen LogP contribution is -2.44. The first-order valence-corrected chi connectivity index (χ1v) is 9.82. The second-order valence-corrected chi connectivity index (χ2v) is 7.89. The molecule has 2 heterocycles. The number of para-hydroxylation sites is 1. The molecular formula is C23H27NO4. The minimum absolute atomic E-state index is 0.0334. The first-order chi connectivity index (χ1) is 13.6. The van der Waals surface area contributed by atoms with Gasteiger partial charge in [0.15, 0.2) is 11.5 Å². The number of carbonyl (C=O) groups excluding carboxylic acids is 1. The number of methoxy groups -OCH3 is 2. The topological polar surface area (TPSA) is 59.0 Å². The van der Waals surface area contributed by atoms with Crippen LogP contribution in [0.4, 0.5) is 0 Å². The van der Waals surface area contributed by atoms with Gasteiger partial charge in [-0.1, -0.05) is 36.4 Å². The van der Waals surface area contributed by atoms with Crippen LogP contribution in [0.15, 0.2) is 48.5 Å². The molecule has 2 saturated heterocycles. The molecule has 0 aromatic heterocycles. The predicted octanol–water partition coefficient (Wildman–Crippen LogP) is 3.30. The van der Waals surface area contributed by atoms with Crippen molar-refractivity contribution in [3.63, 3.8) is 0 Å². The van der Waals surface area contributed by atoms with Gasteiger partial charge in [-0.25, -0.2) is 0 Å². The summed E-state index contributed by atoms with van der Waals surface area (Å²) in [6.45, 7) is 0.0854. The van der Waals surface area contributed by atoms with Crippen LogP contribution in [0.5, 0.6) is 11.5 Å². The van der Waals surface area contributed by atoms with E-state index >= 15 is 0 Å². The van der Waals surface area contributed by atoms with Crippen molar-refractivity contribution in [2.24, 2.45) is 5.41 Å². The predicted molar refractivity (Wildman–Crippen MR) is 107 cm³/mol. The number of amides is 1. The third-order valence-electron chi connectivity index (χ3n) is 6.43. The zero-order chi connectivity index (χ0) is 19.7. The van der Waals surface area contributed by atoms with Crippen LogP contribution in [0.2, 0.25) is 0 Å². The van der Waals surface area contributed by atoms with Gasteiger partial charge in [0.2, 0.25) is 0 Å². The lowest BCUT2D eigenvalue weighted by Gasteiger charge is -2.36. The molecule has 0 aliphatic carbocycles. The number of nitrogens with zero attached hydrogens (tertiary/aromatic N) is 1. The van der Waals surface area contributed by atoms with Crippen molar-refractivity contribution in [3.05, 3.63) is 59.7 Å². The summed E-state index contributed by atoms with van der Waals surface area (Å²) in [7, 11) is 3.13. The molecule has 148 valence electrons. The van der Waals surface area contributed by atoms with E-state index in [0.29, 0.717) is 17.1 Å². The summed E-state index contributed by atoms with van der Waals surface area (Å²) in [5, 5.41) is 10.4. The Kier molecular flexibility index (Phi) is 5.02. The summed E-state index contributed by atoms with van der Waals surface area (Å²) in [5.74, 6) is 0.989. The summed E-state index contributed by atoms with van der Waals surface area (Å²) in [6, 6.07) is 15.8. The third-order valence-corrected chi connectivity index (χ3v) is 6.43.